The van der Waals surface area contributed by atoms with Crippen molar-refractivity contribution in [1.82, 2.24) is 19.7 Å². The summed E-state index contributed by atoms with van der Waals surface area (Å²) in [6.45, 7) is 4.68. The molecule has 35 heavy (non-hydrogen) atoms. The maximum Gasteiger partial charge on any atom is 0.274 e. The summed E-state index contributed by atoms with van der Waals surface area (Å²) in [5, 5.41) is 9.32. The van der Waals surface area contributed by atoms with Gasteiger partial charge in [-0.25, -0.2) is 4.98 Å². The summed E-state index contributed by atoms with van der Waals surface area (Å²) in [5.74, 6) is -0.135. The zero-order valence-corrected chi connectivity index (χ0v) is 21.2. The van der Waals surface area contributed by atoms with Crippen molar-refractivity contribution in [1.29, 1.82) is 0 Å². The Kier molecular flexibility index (Phi) is 5.72. The van der Waals surface area contributed by atoms with Gasteiger partial charge in [0.2, 0.25) is 0 Å². The highest BCUT2D eigenvalue weighted by Gasteiger charge is 2.28. The van der Waals surface area contributed by atoms with E-state index in [1.165, 1.54) is 16.0 Å². The smallest absolute Gasteiger partial charge is 0.274 e. The lowest BCUT2D eigenvalue weighted by atomic mass is 10.0. The van der Waals surface area contributed by atoms with E-state index in [2.05, 4.69) is 51.7 Å². The molecule has 1 amide bonds. The summed E-state index contributed by atoms with van der Waals surface area (Å²) in [7, 11) is 1.80. The minimum Gasteiger partial charge on any atom is -0.312 e. The molecule has 0 saturated carbocycles. The molecule has 6 rings (SSSR count). The first-order chi connectivity index (χ1) is 17.1. The summed E-state index contributed by atoms with van der Waals surface area (Å²) in [6.07, 6.45) is 2.66. The van der Waals surface area contributed by atoms with Crippen molar-refractivity contribution >= 4 is 43.8 Å². The second kappa shape index (κ2) is 9.03. The molecule has 176 valence electrons. The van der Waals surface area contributed by atoms with Gasteiger partial charge < -0.3 is 5.32 Å². The Labute approximate surface area is 211 Å². The van der Waals surface area contributed by atoms with Crippen molar-refractivity contribution in [2.24, 2.45) is 7.05 Å². The molecule has 0 radical (unpaired) electrons. The van der Waals surface area contributed by atoms with Crippen molar-refractivity contribution in [2.45, 2.75) is 26.4 Å². The Hall–Kier alpha value is -3.33. The number of fused-ring (bicyclic) bond motifs is 2. The van der Waals surface area contributed by atoms with Crippen LogP contribution in [0.4, 0.5) is 5.00 Å². The van der Waals surface area contributed by atoms with Gasteiger partial charge in [-0.15, -0.1) is 22.7 Å². The van der Waals surface area contributed by atoms with Crippen LogP contribution in [0.25, 0.3) is 20.8 Å². The average molecular weight is 500 g/mol. The standard InChI is InChI=1S/C27H25N5OS2/c1-17-14-28-31(2)24(17)25(33)30-27-23(26-29-20-10-6-7-11-21(20)34-26)19-12-13-32(16-22(19)35-27)15-18-8-4-3-5-9-18/h3-11,14H,12-13,15-16H2,1-2H3,(H,30,33). The number of anilines is 1. The number of rotatable bonds is 5. The summed E-state index contributed by atoms with van der Waals surface area (Å²) in [4.78, 5) is 22.0. The molecule has 1 aliphatic rings. The fourth-order valence-corrected chi connectivity index (χ4v) is 7.16. The minimum atomic E-state index is -0.135. The number of nitrogens with one attached hydrogen (secondary N) is 1. The highest BCUT2D eigenvalue weighted by molar-refractivity contribution is 7.23. The van der Waals surface area contributed by atoms with Gasteiger partial charge >= 0.3 is 0 Å². The van der Waals surface area contributed by atoms with Gasteiger partial charge in [0, 0.05) is 37.1 Å². The molecule has 4 heterocycles. The third kappa shape index (κ3) is 4.18. The Bertz CT molecular complexity index is 1480. The van der Waals surface area contributed by atoms with Crippen LogP contribution in [-0.4, -0.2) is 32.1 Å². The van der Waals surface area contributed by atoms with Gasteiger partial charge in [0.05, 0.1) is 16.4 Å². The molecule has 0 spiro atoms. The van der Waals surface area contributed by atoms with E-state index in [1.54, 1.807) is 40.6 Å². The summed E-state index contributed by atoms with van der Waals surface area (Å²) in [6, 6.07) is 18.8. The SMILES string of the molecule is Cc1cnn(C)c1C(=O)Nc1sc2c(c1-c1nc3ccccc3s1)CCN(Cc1ccccc1)C2. The van der Waals surface area contributed by atoms with Crippen molar-refractivity contribution in [2.75, 3.05) is 11.9 Å². The number of thiazole rings is 1. The first-order valence-electron chi connectivity index (χ1n) is 11.6. The quantitative estimate of drug-likeness (QED) is 0.328. The largest absolute Gasteiger partial charge is 0.312 e. The molecule has 8 heteroatoms. The fourth-order valence-electron chi connectivity index (χ4n) is 4.76. The third-order valence-electron chi connectivity index (χ3n) is 6.46. The second-order valence-electron chi connectivity index (χ2n) is 8.89. The number of aryl methyl sites for hydroxylation is 2. The molecule has 0 unspecified atom stereocenters. The lowest BCUT2D eigenvalue weighted by Crippen LogP contribution is -2.29. The van der Waals surface area contributed by atoms with E-state index >= 15 is 0 Å². The van der Waals surface area contributed by atoms with Gasteiger partial charge in [-0.05, 0) is 42.2 Å². The van der Waals surface area contributed by atoms with Crippen LogP contribution in [0.3, 0.4) is 0 Å². The van der Waals surface area contributed by atoms with Crippen LogP contribution in [0, 0.1) is 6.92 Å². The van der Waals surface area contributed by atoms with Crippen LogP contribution in [0.1, 0.15) is 32.1 Å². The van der Waals surface area contributed by atoms with Crippen molar-refractivity contribution in [3.8, 4) is 10.6 Å². The molecule has 0 saturated heterocycles. The first-order valence-corrected chi connectivity index (χ1v) is 13.3. The van der Waals surface area contributed by atoms with Crippen LogP contribution in [-0.2, 0) is 26.6 Å². The number of nitrogens with zero attached hydrogens (tertiary/aromatic N) is 4. The van der Waals surface area contributed by atoms with E-state index < -0.39 is 0 Å². The van der Waals surface area contributed by atoms with Gasteiger partial charge in [-0.2, -0.15) is 5.10 Å². The number of carbonyl (C=O) groups excluding carboxylic acids is 1. The zero-order valence-electron chi connectivity index (χ0n) is 19.6. The molecule has 0 bridgehead atoms. The topological polar surface area (TPSA) is 63.1 Å². The van der Waals surface area contributed by atoms with Crippen molar-refractivity contribution in [3.05, 3.63) is 88.1 Å². The predicted molar refractivity (Wildman–Crippen MR) is 143 cm³/mol. The Morgan fingerprint density at radius 3 is 2.66 bits per heavy atom. The molecule has 6 nitrogen and oxygen atoms in total. The van der Waals surface area contributed by atoms with E-state index in [9.17, 15) is 4.79 Å². The zero-order chi connectivity index (χ0) is 23.9. The van der Waals surface area contributed by atoms with E-state index in [0.29, 0.717) is 5.69 Å². The van der Waals surface area contributed by atoms with Crippen LogP contribution in [0.5, 0.6) is 0 Å². The molecular weight excluding hydrogens is 474 g/mol. The fraction of sp³-hybridized carbons (Fsp3) is 0.222. The van der Waals surface area contributed by atoms with E-state index in [-0.39, 0.29) is 5.91 Å². The highest BCUT2D eigenvalue weighted by Crippen LogP contribution is 2.46. The van der Waals surface area contributed by atoms with Crippen LogP contribution < -0.4 is 5.32 Å². The predicted octanol–water partition coefficient (Wildman–Crippen LogP) is 5.88. The summed E-state index contributed by atoms with van der Waals surface area (Å²) >= 11 is 3.37. The average Bonchev–Trinajstić information content (AvgIpc) is 3.53. The maximum atomic E-state index is 13.3. The molecule has 0 aliphatic carbocycles. The Morgan fingerprint density at radius 2 is 1.89 bits per heavy atom. The van der Waals surface area contributed by atoms with E-state index in [1.807, 2.05) is 25.1 Å². The first kappa shape index (κ1) is 22.2. The highest BCUT2D eigenvalue weighted by atomic mass is 32.1. The lowest BCUT2D eigenvalue weighted by Gasteiger charge is -2.27. The maximum absolute atomic E-state index is 13.3. The van der Waals surface area contributed by atoms with Crippen molar-refractivity contribution < 1.29 is 4.79 Å². The van der Waals surface area contributed by atoms with Gasteiger partial charge in [0.1, 0.15) is 15.7 Å². The molecule has 1 N–H and O–H groups in total. The summed E-state index contributed by atoms with van der Waals surface area (Å²) < 4.78 is 2.79. The Balaban J connectivity index is 1.38. The molecule has 5 aromatic rings. The normalized spacial score (nSPS) is 13.8. The molecule has 0 atom stereocenters. The van der Waals surface area contributed by atoms with Crippen LogP contribution in [0.15, 0.2) is 60.8 Å². The van der Waals surface area contributed by atoms with E-state index in [4.69, 9.17) is 4.98 Å². The van der Waals surface area contributed by atoms with Crippen LogP contribution >= 0.6 is 22.7 Å². The number of hydrogen-bond acceptors (Lipinski definition) is 6. The van der Waals surface area contributed by atoms with E-state index in [0.717, 1.165) is 57.4 Å². The minimum absolute atomic E-state index is 0.135. The molecule has 1 aliphatic heterocycles. The molecular formula is C27H25N5OS2. The van der Waals surface area contributed by atoms with Gasteiger partial charge in [0.15, 0.2) is 0 Å². The summed E-state index contributed by atoms with van der Waals surface area (Å²) in [5.41, 5.74) is 6.15. The number of carbonyl (C=O) groups is 1. The second-order valence-corrected chi connectivity index (χ2v) is 11.0. The third-order valence-corrected chi connectivity index (χ3v) is 8.64. The van der Waals surface area contributed by atoms with Gasteiger partial charge in [-0.1, -0.05) is 42.5 Å². The van der Waals surface area contributed by atoms with Gasteiger partial charge in [0.25, 0.3) is 5.91 Å². The molecule has 0 fully saturated rings. The lowest BCUT2D eigenvalue weighted by molar-refractivity contribution is 0.101. The number of hydrogen-bond donors (Lipinski definition) is 1. The van der Waals surface area contributed by atoms with Crippen molar-refractivity contribution in [3.63, 3.8) is 0 Å². The van der Waals surface area contributed by atoms with Crippen LogP contribution in [0.2, 0.25) is 0 Å². The number of para-hydroxylation sites is 1. The number of aromatic nitrogens is 3. The number of benzene rings is 2. The number of amides is 1. The molecule has 3 aromatic heterocycles. The van der Waals surface area contributed by atoms with Gasteiger partial charge in [-0.3, -0.25) is 14.4 Å². The molecule has 2 aromatic carbocycles. The Morgan fingerprint density at radius 1 is 1.09 bits per heavy atom. The number of thiophene rings is 1. The monoisotopic (exact) mass is 499 g/mol.